The van der Waals surface area contributed by atoms with Crippen molar-refractivity contribution in [3.8, 4) is 0 Å². The molecule has 2 heterocycles. The SMILES string of the molecule is CC1(C)OC(=O)C(=Cc2ccccc2CN2CCCCC2)C(=O)O1. The van der Waals surface area contributed by atoms with Gasteiger partial charge in [-0.15, -0.1) is 0 Å². The van der Waals surface area contributed by atoms with Crippen LogP contribution in [0.3, 0.4) is 0 Å². The highest BCUT2D eigenvalue weighted by molar-refractivity contribution is 6.18. The second-order valence-electron chi connectivity index (χ2n) is 6.77. The van der Waals surface area contributed by atoms with Crippen molar-refractivity contribution in [1.82, 2.24) is 4.90 Å². The minimum atomic E-state index is -1.21. The number of piperidine rings is 1. The first-order valence-corrected chi connectivity index (χ1v) is 8.43. The van der Waals surface area contributed by atoms with E-state index in [0.717, 1.165) is 30.8 Å². The van der Waals surface area contributed by atoms with Crippen molar-refractivity contribution in [2.75, 3.05) is 13.1 Å². The molecule has 0 radical (unpaired) electrons. The first kappa shape index (κ1) is 16.7. The number of hydrogen-bond donors (Lipinski definition) is 0. The standard InChI is InChI=1S/C19H23NO4/c1-19(2)23-17(21)16(18(22)24-19)12-14-8-4-5-9-15(14)13-20-10-6-3-7-11-20/h4-5,8-9,12H,3,6-7,10-11,13H2,1-2H3. The average Bonchev–Trinajstić information content (AvgIpc) is 2.52. The van der Waals surface area contributed by atoms with Crippen LogP contribution in [0.5, 0.6) is 0 Å². The Labute approximate surface area is 142 Å². The van der Waals surface area contributed by atoms with Crippen molar-refractivity contribution in [3.05, 3.63) is 41.0 Å². The van der Waals surface area contributed by atoms with E-state index in [9.17, 15) is 9.59 Å². The largest absolute Gasteiger partial charge is 0.419 e. The topological polar surface area (TPSA) is 55.8 Å². The Balaban J connectivity index is 1.84. The number of ether oxygens (including phenoxy) is 2. The van der Waals surface area contributed by atoms with Gasteiger partial charge >= 0.3 is 11.9 Å². The number of cyclic esters (lactones) is 2. The summed E-state index contributed by atoms with van der Waals surface area (Å²) >= 11 is 0. The fourth-order valence-electron chi connectivity index (χ4n) is 3.11. The Morgan fingerprint density at radius 3 is 2.33 bits per heavy atom. The zero-order valence-electron chi connectivity index (χ0n) is 14.2. The number of esters is 2. The van der Waals surface area contributed by atoms with Crippen LogP contribution in [0, 0.1) is 0 Å². The maximum atomic E-state index is 12.1. The number of benzene rings is 1. The van der Waals surface area contributed by atoms with Crippen LogP contribution in [0.1, 0.15) is 44.2 Å². The third-order valence-electron chi connectivity index (χ3n) is 4.31. The smallest absolute Gasteiger partial charge is 0.348 e. The quantitative estimate of drug-likeness (QED) is 0.485. The molecule has 5 nitrogen and oxygen atoms in total. The molecule has 0 unspecified atom stereocenters. The summed E-state index contributed by atoms with van der Waals surface area (Å²) in [4.78, 5) is 26.7. The monoisotopic (exact) mass is 329 g/mol. The molecule has 0 N–H and O–H groups in total. The normalized spacial score (nSPS) is 21.2. The van der Waals surface area contributed by atoms with Gasteiger partial charge in [0.05, 0.1) is 0 Å². The van der Waals surface area contributed by atoms with E-state index in [4.69, 9.17) is 9.47 Å². The number of hydrogen-bond acceptors (Lipinski definition) is 5. The van der Waals surface area contributed by atoms with Crippen LogP contribution in [0.2, 0.25) is 0 Å². The summed E-state index contributed by atoms with van der Waals surface area (Å²) in [5.74, 6) is -2.48. The zero-order valence-corrected chi connectivity index (χ0v) is 14.2. The van der Waals surface area contributed by atoms with Gasteiger partial charge in [-0.25, -0.2) is 9.59 Å². The summed E-state index contributed by atoms with van der Waals surface area (Å²) in [6.07, 6.45) is 5.31. The minimum Gasteiger partial charge on any atom is -0.419 e. The van der Waals surface area contributed by atoms with Gasteiger partial charge in [0.15, 0.2) is 0 Å². The van der Waals surface area contributed by atoms with Crippen molar-refractivity contribution < 1.29 is 19.1 Å². The third kappa shape index (κ3) is 3.85. The summed E-state index contributed by atoms with van der Waals surface area (Å²) in [5, 5.41) is 0. The maximum Gasteiger partial charge on any atom is 0.348 e. The summed E-state index contributed by atoms with van der Waals surface area (Å²) in [6.45, 7) is 6.08. The van der Waals surface area contributed by atoms with Crippen molar-refractivity contribution in [1.29, 1.82) is 0 Å². The Morgan fingerprint density at radius 1 is 1.04 bits per heavy atom. The van der Waals surface area contributed by atoms with Crippen LogP contribution in [0.15, 0.2) is 29.8 Å². The number of carbonyl (C=O) groups is 2. The molecule has 0 bridgehead atoms. The van der Waals surface area contributed by atoms with E-state index in [1.54, 1.807) is 19.9 Å². The van der Waals surface area contributed by atoms with E-state index in [0.29, 0.717) is 0 Å². The molecule has 0 aromatic heterocycles. The first-order valence-electron chi connectivity index (χ1n) is 8.43. The van der Waals surface area contributed by atoms with Crippen LogP contribution < -0.4 is 0 Å². The molecule has 2 aliphatic rings. The summed E-state index contributed by atoms with van der Waals surface area (Å²) in [5.41, 5.74) is 1.89. The molecule has 0 atom stereocenters. The van der Waals surface area contributed by atoms with Gasteiger partial charge in [-0.2, -0.15) is 0 Å². The molecule has 5 heteroatoms. The van der Waals surface area contributed by atoms with Crippen molar-refractivity contribution in [3.63, 3.8) is 0 Å². The van der Waals surface area contributed by atoms with Crippen LogP contribution >= 0.6 is 0 Å². The van der Waals surface area contributed by atoms with E-state index in [1.807, 2.05) is 24.3 Å². The van der Waals surface area contributed by atoms with E-state index in [1.165, 1.54) is 19.3 Å². The fraction of sp³-hybridized carbons (Fsp3) is 0.474. The van der Waals surface area contributed by atoms with Gasteiger partial charge in [0.2, 0.25) is 0 Å². The van der Waals surface area contributed by atoms with E-state index in [-0.39, 0.29) is 5.57 Å². The Bertz CT molecular complexity index is 650. The molecule has 2 fully saturated rings. The number of nitrogens with zero attached hydrogens (tertiary/aromatic N) is 1. The van der Waals surface area contributed by atoms with Crippen LogP contribution in [-0.2, 0) is 25.6 Å². The summed E-state index contributed by atoms with van der Waals surface area (Å²) < 4.78 is 10.3. The van der Waals surface area contributed by atoms with E-state index < -0.39 is 17.7 Å². The average molecular weight is 329 g/mol. The van der Waals surface area contributed by atoms with Crippen molar-refractivity contribution >= 4 is 18.0 Å². The van der Waals surface area contributed by atoms with Gasteiger partial charge in [0, 0.05) is 20.4 Å². The zero-order chi connectivity index (χ0) is 17.2. The number of carbonyl (C=O) groups excluding carboxylic acids is 2. The number of rotatable bonds is 3. The minimum absolute atomic E-state index is 0.0552. The van der Waals surface area contributed by atoms with Gasteiger partial charge in [0.25, 0.3) is 5.79 Å². The second-order valence-corrected chi connectivity index (χ2v) is 6.77. The lowest BCUT2D eigenvalue weighted by atomic mass is 10.0. The van der Waals surface area contributed by atoms with E-state index in [2.05, 4.69) is 4.90 Å². The van der Waals surface area contributed by atoms with E-state index >= 15 is 0 Å². The third-order valence-corrected chi connectivity index (χ3v) is 4.31. The molecule has 128 valence electrons. The second kappa shape index (κ2) is 6.77. The highest BCUT2D eigenvalue weighted by Crippen LogP contribution is 2.25. The molecular weight excluding hydrogens is 306 g/mol. The van der Waals surface area contributed by atoms with Gasteiger partial charge in [-0.1, -0.05) is 30.7 Å². The van der Waals surface area contributed by atoms with Crippen LogP contribution in [0.25, 0.3) is 6.08 Å². The number of likely N-dealkylation sites (tertiary alicyclic amines) is 1. The van der Waals surface area contributed by atoms with Gasteiger partial charge in [-0.3, -0.25) is 4.90 Å². The maximum absolute atomic E-state index is 12.1. The van der Waals surface area contributed by atoms with Crippen molar-refractivity contribution in [2.45, 2.75) is 45.4 Å². The molecule has 0 amide bonds. The highest BCUT2D eigenvalue weighted by Gasteiger charge is 2.38. The van der Waals surface area contributed by atoms with Gasteiger partial charge in [-0.05, 0) is 43.1 Å². The molecule has 1 aromatic carbocycles. The lowest BCUT2D eigenvalue weighted by Crippen LogP contribution is -2.41. The predicted molar refractivity (Wildman–Crippen MR) is 89.8 cm³/mol. The molecule has 24 heavy (non-hydrogen) atoms. The van der Waals surface area contributed by atoms with Gasteiger partial charge < -0.3 is 9.47 Å². The molecule has 0 aliphatic carbocycles. The molecular formula is C19H23NO4. The van der Waals surface area contributed by atoms with Crippen LogP contribution in [0.4, 0.5) is 0 Å². The first-order chi connectivity index (χ1) is 11.4. The molecule has 0 saturated carbocycles. The lowest BCUT2D eigenvalue weighted by molar-refractivity contribution is -0.222. The van der Waals surface area contributed by atoms with Crippen LogP contribution in [-0.4, -0.2) is 35.7 Å². The Hall–Kier alpha value is -2.14. The molecule has 3 rings (SSSR count). The molecule has 0 spiro atoms. The van der Waals surface area contributed by atoms with Crippen molar-refractivity contribution in [2.24, 2.45) is 0 Å². The molecule has 1 aromatic rings. The summed E-state index contributed by atoms with van der Waals surface area (Å²) in [7, 11) is 0. The Kier molecular flexibility index (Phi) is 4.71. The molecule has 2 aliphatic heterocycles. The fourth-order valence-corrected chi connectivity index (χ4v) is 3.11. The Morgan fingerprint density at radius 2 is 1.67 bits per heavy atom. The predicted octanol–water partition coefficient (Wildman–Crippen LogP) is 2.89. The lowest BCUT2D eigenvalue weighted by Gasteiger charge is -2.30. The van der Waals surface area contributed by atoms with Gasteiger partial charge in [0.1, 0.15) is 5.57 Å². The molecule has 2 saturated heterocycles. The highest BCUT2D eigenvalue weighted by atomic mass is 16.7. The summed E-state index contributed by atoms with van der Waals surface area (Å²) in [6, 6.07) is 7.81.